The molecule has 3 rings (SSSR count). The van der Waals surface area contributed by atoms with Crippen LogP contribution in [-0.2, 0) is 11.3 Å². The van der Waals surface area contributed by atoms with Gasteiger partial charge in [0.1, 0.15) is 11.4 Å². The number of rotatable bonds is 4. The van der Waals surface area contributed by atoms with Crippen molar-refractivity contribution < 1.29 is 13.9 Å². The van der Waals surface area contributed by atoms with E-state index in [2.05, 4.69) is 22.3 Å². The number of alkyl carbamates (subject to hydrolysis) is 1. The number of carbonyl (C=O) groups excluding carboxylic acids is 1. The molecule has 28 heavy (non-hydrogen) atoms. The molecule has 0 saturated carbocycles. The van der Waals surface area contributed by atoms with Gasteiger partial charge in [0.05, 0.1) is 6.04 Å². The van der Waals surface area contributed by atoms with E-state index in [0.717, 1.165) is 12.1 Å². The third-order valence-electron chi connectivity index (χ3n) is 4.71. The number of carbonyl (C=O) groups is 1. The third-order valence-corrected chi connectivity index (χ3v) is 5.04. The molecule has 0 radical (unpaired) electrons. The number of hydrogen-bond donors (Lipinski definition) is 1. The fourth-order valence-corrected chi connectivity index (χ4v) is 3.89. The lowest BCUT2D eigenvalue weighted by molar-refractivity contribution is 0.0502. The Bertz CT molecular complexity index is 823. The van der Waals surface area contributed by atoms with Crippen LogP contribution in [0.4, 0.5) is 9.18 Å². The van der Waals surface area contributed by atoms with Gasteiger partial charge in [-0.15, -0.1) is 0 Å². The number of likely N-dealkylation sites (tertiary alicyclic amines) is 1. The van der Waals surface area contributed by atoms with E-state index in [4.69, 9.17) is 16.3 Å². The Labute approximate surface area is 170 Å². The number of hydrogen-bond acceptors (Lipinski definition) is 3. The lowest BCUT2D eigenvalue weighted by Crippen LogP contribution is -2.42. The molecule has 1 N–H and O–H groups in total. The number of ether oxygens (including phenoxy) is 1. The van der Waals surface area contributed by atoms with Gasteiger partial charge in [0.15, 0.2) is 0 Å². The van der Waals surface area contributed by atoms with Crippen molar-refractivity contribution in [3.05, 3.63) is 70.5 Å². The van der Waals surface area contributed by atoms with E-state index in [1.165, 1.54) is 17.7 Å². The van der Waals surface area contributed by atoms with Crippen LogP contribution in [0, 0.1) is 5.82 Å². The standard InChI is InChI=1S/C22H26ClFN2O2/c1-22(2,3)28-21(27)25-20-14-26(12-15-7-5-4-6-8-15)13-18(20)17-10-9-16(24)11-19(17)23/h4-11,18,20H,12-14H2,1-3H3,(H,25,27). The molecule has 150 valence electrons. The average Bonchev–Trinajstić information content (AvgIpc) is 2.96. The van der Waals surface area contributed by atoms with Crippen molar-refractivity contribution >= 4 is 17.7 Å². The number of halogens is 2. The van der Waals surface area contributed by atoms with Crippen molar-refractivity contribution in [2.75, 3.05) is 13.1 Å². The highest BCUT2D eigenvalue weighted by molar-refractivity contribution is 6.31. The van der Waals surface area contributed by atoms with Crippen molar-refractivity contribution in [3.8, 4) is 0 Å². The Morgan fingerprint density at radius 2 is 1.93 bits per heavy atom. The lowest BCUT2D eigenvalue weighted by atomic mass is 9.94. The second-order valence-electron chi connectivity index (χ2n) is 8.20. The maximum absolute atomic E-state index is 13.5. The first kappa shape index (κ1) is 20.6. The van der Waals surface area contributed by atoms with Crippen molar-refractivity contribution in [1.29, 1.82) is 0 Å². The third kappa shape index (κ3) is 5.46. The van der Waals surface area contributed by atoms with Crippen LogP contribution in [-0.4, -0.2) is 35.7 Å². The highest BCUT2D eigenvalue weighted by Crippen LogP contribution is 2.33. The summed E-state index contributed by atoms with van der Waals surface area (Å²) in [5.41, 5.74) is 1.46. The van der Waals surface area contributed by atoms with Gasteiger partial charge < -0.3 is 10.1 Å². The molecule has 1 aliphatic rings. The Morgan fingerprint density at radius 1 is 1.21 bits per heavy atom. The molecule has 6 heteroatoms. The summed E-state index contributed by atoms with van der Waals surface area (Å²) in [6, 6.07) is 14.4. The molecule has 0 aromatic heterocycles. The number of nitrogens with one attached hydrogen (secondary N) is 1. The van der Waals surface area contributed by atoms with Crippen molar-refractivity contribution in [1.82, 2.24) is 10.2 Å². The molecule has 1 aliphatic heterocycles. The van der Waals surface area contributed by atoms with E-state index in [9.17, 15) is 9.18 Å². The summed E-state index contributed by atoms with van der Waals surface area (Å²) in [6.07, 6.45) is -0.456. The molecule has 1 amide bonds. The molecule has 0 spiro atoms. The molecule has 0 bridgehead atoms. The van der Waals surface area contributed by atoms with Crippen LogP contribution >= 0.6 is 11.6 Å². The molecular weight excluding hydrogens is 379 g/mol. The highest BCUT2D eigenvalue weighted by atomic mass is 35.5. The predicted octanol–water partition coefficient (Wildman–Crippen LogP) is 4.97. The number of nitrogens with zero attached hydrogens (tertiary/aromatic N) is 1. The number of amides is 1. The summed E-state index contributed by atoms with van der Waals surface area (Å²) >= 11 is 6.32. The van der Waals surface area contributed by atoms with Gasteiger partial charge in [-0.3, -0.25) is 4.90 Å². The van der Waals surface area contributed by atoms with Gasteiger partial charge >= 0.3 is 6.09 Å². The van der Waals surface area contributed by atoms with Crippen LogP contribution in [0.15, 0.2) is 48.5 Å². The average molecular weight is 405 g/mol. The summed E-state index contributed by atoms with van der Waals surface area (Å²) in [5, 5.41) is 3.36. The van der Waals surface area contributed by atoms with E-state index < -0.39 is 11.7 Å². The van der Waals surface area contributed by atoms with Gasteiger partial charge in [0.2, 0.25) is 0 Å². The topological polar surface area (TPSA) is 41.6 Å². The fraction of sp³-hybridized carbons (Fsp3) is 0.409. The van der Waals surface area contributed by atoms with E-state index >= 15 is 0 Å². The summed E-state index contributed by atoms with van der Waals surface area (Å²) in [4.78, 5) is 14.6. The molecule has 1 fully saturated rings. The zero-order chi connectivity index (χ0) is 20.3. The van der Waals surface area contributed by atoms with Gasteiger partial charge in [0.25, 0.3) is 0 Å². The van der Waals surface area contributed by atoms with E-state index in [1.54, 1.807) is 6.07 Å². The maximum atomic E-state index is 13.5. The first-order chi connectivity index (χ1) is 13.2. The second kappa shape index (κ2) is 8.50. The van der Waals surface area contributed by atoms with Crippen LogP contribution in [0.3, 0.4) is 0 Å². The minimum Gasteiger partial charge on any atom is -0.444 e. The van der Waals surface area contributed by atoms with Crippen LogP contribution in [0.1, 0.15) is 37.8 Å². The summed E-state index contributed by atoms with van der Waals surface area (Å²) < 4.78 is 18.9. The molecule has 4 nitrogen and oxygen atoms in total. The van der Waals surface area contributed by atoms with Gasteiger partial charge in [-0.2, -0.15) is 0 Å². The molecule has 1 saturated heterocycles. The van der Waals surface area contributed by atoms with Crippen molar-refractivity contribution in [2.24, 2.45) is 0 Å². The first-order valence-electron chi connectivity index (χ1n) is 9.42. The van der Waals surface area contributed by atoms with Gasteiger partial charge in [0, 0.05) is 30.6 Å². The molecule has 2 atom stereocenters. The fourth-order valence-electron chi connectivity index (χ4n) is 3.58. The Morgan fingerprint density at radius 3 is 2.57 bits per heavy atom. The summed E-state index contributed by atoms with van der Waals surface area (Å²) in [6.45, 7) is 7.63. The van der Waals surface area contributed by atoms with Crippen LogP contribution < -0.4 is 5.32 Å². The Hall–Kier alpha value is -2.11. The van der Waals surface area contributed by atoms with Crippen molar-refractivity contribution in [3.63, 3.8) is 0 Å². The van der Waals surface area contributed by atoms with E-state index in [0.29, 0.717) is 18.1 Å². The highest BCUT2D eigenvalue weighted by Gasteiger charge is 2.36. The van der Waals surface area contributed by atoms with Gasteiger partial charge in [-0.05, 0) is 44.0 Å². The van der Waals surface area contributed by atoms with Gasteiger partial charge in [-0.25, -0.2) is 9.18 Å². The summed E-state index contributed by atoms with van der Waals surface area (Å²) in [7, 11) is 0. The van der Waals surface area contributed by atoms with Crippen LogP contribution in [0.2, 0.25) is 5.02 Å². The largest absolute Gasteiger partial charge is 0.444 e. The number of benzene rings is 2. The normalized spacial score (nSPS) is 20.2. The predicted molar refractivity (Wildman–Crippen MR) is 109 cm³/mol. The molecule has 2 aromatic carbocycles. The Kier molecular flexibility index (Phi) is 6.26. The SMILES string of the molecule is CC(C)(C)OC(=O)NC1CN(Cc2ccccc2)CC1c1ccc(F)cc1Cl. The molecule has 2 aromatic rings. The zero-order valence-corrected chi connectivity index (χ0v) is 17.2. The van der Waals surface area contributed by atoms with Crippen molar-refractivity contribution in [2.45, 2.75) is 44.9 Å². The molecular formula is C22H26ClFN2O2. The van der Waals surface area contributed by atoms with E-state index in [-0.39, 0.29) is 17.8 Å². The Balaban J connectivity index is 1.79. The smallest absolute Gasteiger partial charge is 0.407 e. The van der Waals surface area contributed by atoms with E-state index in [1.807, 2.05) is 39.0 Å². The maximum Gasteiger partial charge on any atom is 0.407 e. The van der Waals surface area contributed by atoms with Crippen LogP contribution in [0.25, 0.3) is 0 Å². The van der Waals surface area contributed by atoms with Gasteiger partial charge in [-0.1, -0.05) is 48.0 Å². The first-order valence-corrected chi connectivity index (χ1v) is 9.80. The minimum absolute atomic E-state index is 0.0515. The molecule has 0 aliphatic carbocycles. The summed E-state index contributed by atoms with van der Waals surface area (Å²) in [5.74, 6) is -0.422. The second-order valence-corrected chi connectivity index (χ2v) is 8.61. The van der Waals surface area contributed by atoms with Crippen LogP contribution in [0.5, 0.6) is 0 Å². The molecule has 1 heterocycles. The quantitative estimate of drug-likeness (QED) is 0.782. The monoisotopic (exact) mass is 404 g/mol. The lowest BCUT2D eigenvalue weighted by Gasteiger charge is -2.24. The minimum atomic E-state index is -0.574. The molecule has 2 unspecified atom stereocenters. The zero-order valence-electron chi connectivity index (χ0n) is 16.4.